The Kier molecular flexibility index (Phi) is 12.4. The highest BCUT2D eigenvalue weighted by molar-refractivity contribution is 5.85. The molecule has 0 aromatic heterocycles. The maximum absolute atomic E-state index is 12.9. The van der Waals surface area contributed by atoms with Gasteiger partial charge in [0.1, 0.15) is 5.82 Å². The zero-order valence-electron chi connectivity index (χ0n) is 13.2. The van der Waals surface area contributed by atoms with Crippen LogP contribution in [-0.2, 0) is 4.79 Å². The van der Waals surface area contributed by atoms with Crippen LogP contribution in [0.15, 0.2) is 24.3 Å². The van der Waals surface area contributed by atoms with Gasteiger partial charge in [-0.05, 0) is 45.1 Å². The van der Waals surface area contributed by atoms with Gasteiger partial charge >= 0.3 is 0 Å². The molecule has 1 rings (SSSR count). The van der Waals surface area contributed by atoms with Crippen molar-refractivity contribution in [1.82, 2.24) is 10.2 Å². The van der Waals surface area contributed by atoms with Crippen LogP contribution in [0.3, 0.4) is 0 Å². The van der Waals surface area contributed by atoms with Crippen LogP contribution in [0.4, 0.5) is 4.39 Å². The first-order valence-corrected chi connectivity index (χ1v) is 6.84. The molecular formula is C15H26Cl2FN3O. The van der Waals surface area contributed by atoms with Crippen LogP contribution in [-0.4, -0.2) is 37.5 Å². The largest absolute Gasteiger partial charge is 0.354 e. The molecule has 0 radical (unpaired) electrons. The Morgan fingerprint density at radius 1 is 1.27 bits per heavy atom. The molecule has 7 heteroatoms. The van der Waals surface area contributed by atoms with E-state index in [-0.39, 0.29) is 48.6 Å². The van der Waals surface area contributed by atoms with Crippen molar-refractivity contribution in [3.8, 4) is 0 Å². The van der Waals surface area contributed by atoms with Crippen LogP contribution in [0.25, 0.3) is 0 Å². The van der Waals surface area contributed by atoms with E-state index in [0.717, 1.165) is 5.56 Å². The highest BCUT2D eigenvalue weighted by Crippen LogP contribution is 2.17. The fourth-order valence-corrected chi connectivity index (χ4v) is 1.94. The van der Waals surface area contributed by atoms with Crippen molar-refractivity contribution in [2.45, 2.75) is 31.8 Å². The first-order chi connectivity index (χ1) is 9.40. The smallest absolute Gasteiger partial charge is 0.220 e. The van der Waals surface area contributed by atoms with Crippen molar-refractivity contribution in [3.63, 3.8) is 0 Å². The molecule has 0 fully saturated rings. The molecule has 0 heterocycles. The van der Waals surface area contributed by atoms with Crippen LogP contribution in [0, 0.1) is 5.82 Å². The van der Waals surface area contributed by atoms with Crippen LogP contribution in [0.1, 0.15) is 31.4 Å². The van der Waals surface area contributed by atoms with E-state index in [2.05, 4.69) is 5.32 Å². The second-order valence-corrected chi connectivity index (χ2v) is 5.35. The molecule has 1 aromatic rings. The van der Waals surface area contributed by atoms with E-state index >= 15 is 0 Å². The summed E-state index contributed by atoms with van der Waals surface area (Å²) in [5.74, 6) is -0.261. The van der Waals surface area contributed by atoms with Crippen molar-refractivity contribution >= 4 is 30.7 Å². The number of hydrogen-bond donors (Lipinski definition) is 2. The summed E-state index contributed by atoms with van der Waals surface area (Å²) in [7, 11) is 3.87. The molecule has 128 valence electrons. The van der Waals surface area contributed by atoms with Gasteiger partial charge < -0.3 is 16.0 Å². The second kappa shape index (κ2) is 11.7. The van der Waals surface area contributed by atoms with Crippen molar-refractivity contribution in [2.24, 2.45) is 5.73 Å². The fraction of sp³-hybridized carbons (Fsp3) is 0.533. The molecule has 0 aliphatic carbocycles. The van der Waals surface area contributed by atoms with Crippen molar-refractivity contribution in [1.29, 1.82) is 0 Å². The predicted octanol–water partition coefficient (Wildman–Crippen LogP) is 2.52. The van der Waals surface area contributed by atoms with Crippen LogP contribution in [0.2, 0.25) is 0 Å². The highest BCUT2D eigenvalue weighted by atomic mass is 35.5. The number of hydrogen-bond acceptors (Lipinski definition) is 3. The summed E-state index contributed by atoms with van der Waals surface area (Å²) in [6.07, 6.45) is 1.11. The lowest BCUT2D eigenvalue weighted by atomic mass is 10.1. The Hall–Kier alpha value is -0.880. The average molecular weight is 354 g/mol. The summed E-state index contributed by atoms with van der Waals surface area (Å²) in [6, 6.07) is 6.41. The first kappa shape index (κ1) is 23.4. The van der Waals surface area contributed by atoms with Gasteiger partial charge in [0.25, 0.3) is 0 Å². The van der Waals surface area contributed by atoms with Gasteiger partial charge in [-0.2, -0.15) is 0 Å². The molecular weight excluding hydrogens is 328 g/mol. The zero-order chi connectivity index (χ0) is 15.1. The van der Waals surface area contributed by atoms with Crippen molar-refractivity contribution in [2.75, 3.05) is 20.6 Å². The minimum Gasteiger partial charge on any atom is -0.354 e. The van der Waals surface area contributed by atoms with Gasteiger partial charge in [0, 0.05) is 19.0 Å². The zero-order valence-corrected chi connectivity index (χ0v) is 14.8. The number of nitrogens with two attached hydrogens (primary N) is 1. The van der Waals surface area contributed by atoms with E-state index in [1.807, 2.05) is 25.9 Å². The van der Waals surface area contributed by atoms with E-state index in [9.17, 15) is 9.18 Å². The van der Waals surface area contributed by atoms with Gasteiger partial charge in [0.05, 0.1) is 6.04 Å². The molecule has 2 unspecified atom stereocenters. The Morgan fingerprint density at radius 2 is 1.82 bits per heavy atom. The standard InChI is InChI=1S/C15H24FN3O.2ClH/c1-11(17)4-9-15(20)18-10-14(19(2)3)12-5-7-13(16)8-6-12;;/h5-8,11,14H,4,9-10,17H2,1-3H3,(H,18,20);2*1H. The third kappa shape index (κ3) is 8.54. The van der Waals surface area contributed by atoms with Gasteiger partial charge in [-0.3, -0.25) is 4.79 Å². The van der Waals surface area contributed by atoms with Crippen LogP contribution in [0.5, 0.6) is 0 Å². The lowest BCUT2D eigenvalue weighted by Gasteiger charge is -2.25. The third-order valence-electron chi connectivity index (χ3n) is 3.20. The van der Waals surface area contributed by atoms with E-state index in [0.29, 0.717) is 19.4 Å². The predicted molar refractivity (Wildman–Crippen MR) is 93.2 cm³/mol. The quantitative estimate of drug-likeness (QED) is 0.791. The van der Waals surface area contributed by atoms with Gasteiger partial charge in [-0.1, -0.05) is 12.1 Å². The van der Waals surface area contributed by atoms with Gasteiger partial charge in [0.15, 0.2) is 0 Å². The molecule has 22 heavy (non-hydrogen) atoms. The monoisotopic (exact) mass is 353 g/mol. The Morgan fingerprint density at radius 3 is 2.27 bits per heavy atom. The normalized spacial score (nSPS) is 12.8. The molecule has 1 aromatic carbocycles. The summed E-state index contributed by atoms with van der Waals surface area (Å²) in [5.41, 5.74) is 6.60. The minimum atomic E-state index is -0.257. The molecule has 3 N–H and O–H groups in total. The molecule has 4 nitrogen and oxygen atoms in total. The van der Waals surface area contributed by atoms with E-state index < -0.39 is 0 Å². The molecule has 0 aliphatic heterocycles. The van der Waals surface area contributed by atoms with Gasteiger partial charge in [-0.15, -0.1) is 24.8 Å². The molecule has 0 aliphatic rings. The summed E-state index contributed by atoms with van der Waals surface area (Å²) in [4.78, 5) is 13.7. The second-order valence-electron chi connectivity index (χ2n) is 5.35. The molecule has 2 atom stereocenters. The van der Waals surface area contributed by atoms with Crippen LogP contribution < -0.4 is 11.1 Å². The molecule has 0 bridgehead atoms. The van der Waals surface area contributed by atoms with E-state index in [1.165, 1.54) is 12.1 Å². The van der Waals surface area contributed by atoms with Crippen molar-refractivity contribution < 1.29 is 9.18 Å². The number of rotatable bonds is 7. The van der Waals surface area contributed by atoms with Gasteiger partial charge in [-0.25, -0.2) is 4.39 Å². The molecule has 0 saturated heterocycles. The number of benzene rings is 1. The number of carbonyl (C=O) groups excluding carboxylic acids is 1. The lowest BCUT2D eigenvalue weighted by Crippen LogP contribution is -2.35. The summed E-state index contributed by atoms with van der Waals surface area (Å²) in [5, 5.41) is 2.90. The Balaban J connectivity index is 0. The number of nitrogens with one attached hydrogen (secondary N) is 1. The minimum absolute atomic E-state index is 0. The number of likely N-dealkylation sites (N-methyl/N-ethyl adjacent to an activating group) is 1. The molecule has 0 saturated carbocycles. The van der Waals surface area contributed by atoms with E-state index in [4.69, 9.17) is 5.73 Å². The fourth-order valence-electron chi connectivity index (χ4n) is 1.94. The first-order valence-electron chi connectivity index (χ1n) is 6.84. The Bertz CT molecular complexity index is 427. The van der Waals surface area contributed by atoms with Crippen molar-refractivity contribution in [3.05, 3.63) is 35.6 Å². The summed E-state index contributed by atoms with van der Waals surface area (Å²) >= 11 is 0. The highest BCUT2D eigenvalue weighted by Gasteiger charge is 2.15. The molecule has 1 amide bonds. The molecule has 0 spiro atoms. The van der Waals surface area contributed by atoms with E-state index in [1.54, 1.807) is 12.1 Å². The number of amides is 1. The SMILES string of the molecule is CC(N)CCC(=O)NCC(c1ccc(F)cc1)N(C)C.Cl.Cl. The third-order valence-corrected chi connectivity index (χ3v) is 3.20. The average Bonchev–Trinajstić information content (AvgIpc) is 2.38. The van der Waals surface area contributed by atoms with Crippen LogP contribution >= 0.6 is 24.8 Å². The number of carbonyl (C=O) groups is 1. The lowest BCUT2D eigenvalue weighted by molar-refractivity contribution is -0.121. The van der Waals surface area contributed by atoms with Gasteiger partial charge in [0.2, 0.25) is 5.91 Å². The maximum atomic E-state index is 12.9. The number of nitrogens with zero attached hydrogens (tertiary/aromatic N) is 1. The summed E-state index contributed by atoms with van der Waals surface area (Å²) < 4.78 is 12.9. The number of halogens is 3. The summed E-state index contributed by atoms with van der Waals surface area (Å²) in [6.45, 7) is 2.38. The topological polar surface area (TPSA) is 58.4 Å². The Labute approximate surface area is 144 Å². The maximum Gasteiger partial charge on any atom is 0.220 e.